The van der Waals surface area contributed by atoms with E-state index in [1.54, 1.807) is 6.08 Å². The molecule has 4 rings (SSSR count). The average Bonchev–Trinajstić information content (AvgIpc) is 3.31. The Morgan fingerprint density at radius 3 is 2.42 bits per heavy atom. The maximum atomic E-state index is 12.9. The minimum atomic E-state index is -0.643. The van der Waals surface area contributed by atoms with Gasteiger partial charge in [0, 0.05) is 23.6 Å². The molecule has 2 aliphatic rings. The van der Waals surface area contributed by atoms with Crippen LogP contribution in [0, 0.1) is 0 Å². The third-order valence-electron chi connectivity index (χ3n) is 4.93. The van der Waals surface area contributed by atoms with Crippen LogP contribution in [0.5, 0.6) is 0 Å². The van der Waals surface area contributed by atoms with E-state index in [9.17, 15) is 14.4 Å². The highest BCUT2D eigenvalue weighted by Crippen LogP contribution is 2.27. The van der Waals surface area contributed by atoms with E-state index in [4.69, 9.17) is 0 Å². The van der Waals surface area contributed by atoms with E-state index in [1.807, 2.05) is 53.2 Å². The number of para-hydroxylation sites is 1. The Morgan fingerprint density at radius 2 is 1.69 bits per heavy atom. The van der Waals surface area contributed by atoms with Gasteiger partial charge < -0.3 is 4.57 Å². The molecule has 0 atom stereocenters. The first-order valence-corrected chi connectivity index (χ1v) is 8.78. The van der Waals surface area contributed by atoms with E-state index in [0.717, 1.165) is 31.4 Å². The largest absolute Gasteiger partial charge is 0.331 e. The third kappa shape index (κ3) is 2.83. The number of barbiturate groups is 1. The molecule has 2 aromatic rings. The van der Waals surface area contributed by atoms with Crippen LogP contribution in [0.3, 0.4) is 0 Å². The normalized spacial score (nSPS) is 20.1. The first kappa shape index (κ1) is 16.3. The van der Waals surface area contributed by atoms with Gasteiger partial charge >= 0.3 is 6.03 Å². The molecule has 1 saturated heterocycles. The van der Waals surface area contributed by atoms with Gasteiger partial charge in [-0.2, -0.15) is 0 Å². The Morgan fingerprint density at radius 1 is 0.962 bits per heavy atom. The summed E-state index contributed by atoms with van der Waals surface area (Å²) in [4.78, 5) is 38.6. The van der Waals surface area contributed by atoms with Crippen LogP contribution in [0.25, 0.3) is 11.8 Å². The fourth-order valence-electron chi connectivity index (χ4n) is 3.65. The van der Waals surface area contributed by atoms with Crippen LogP contribution >= 0.6 is 0 Å². The Hall–Kier alpha value is -3.15. The average molecular weight is 349 g/mol. The summed E-state index contributed by atoms with van der Waals surface area (Å²) in [5.74, 6) is -1.15. The van der Waals surface area contributed by atoms with Crippen molar-refractivity contribution in [3.05, 3.63) is 59.9 Å². The van der Waals surface area contributed by atoms with Crippen LogP contribution in [-0.4, -0.2) is 33.4 Å². The molecule has 1 aromatic heterocycles. The number of hydrogen-bond donors (Lipinski definition) is 1. The van der Waals surface area contributed by atoms with Crippen LogP contribution in [0.1, 0.15) is 31.4 Å². The fraction of sp³-hybridized carbons (Fsp3) is 0.250. The van der Waals surface area contributed by atoms with E-state index in [1.165, 1.54) is 4.90 Å². The summed E-state index contributed by atoms with van der Waals surface area (Å²) in [5.41, 5.74) is 1.62. The lowest BCUT2D eigenvalue weighted by Gasteiger charge is -2.31. The minimum Gasteiger partial charge on any atom is -0.317 e. The van der Waals surface area contributed by atoms with E-state index >= 15 is 0 Å². The molecular weight excluding hydrogens is 330 g/mol. The molecule has 4 amide bonds. The topological polar surface area (TPSA) is 71.4 Å². The molecule has 1 aromatic carbocycles. The highest BCUT2D eigenvalue weighted by Gasteiger charge is 2.40. The van der Waals surface area contributed by atoms with Crippen LogP contribution in [0.15, 0.2) is 54.2 Å². The second kappa shape index (κ2) is 6.63. The fourth-order valence-corrected chi connectivity index (χ4v) is 3.65. The summed E-state index contributed by atoms with van der Waals surface area (Å²) in [6.45, 7) is 0. The highest BCUT2D eigenvalue weighted by molar-refractivity contribution is 6.31. The molecule has 0 unspecified atom stereocenters. The van der Waals surface area contributed by atoms with Gasteiger partial charge in [0.15, 0.2) is 0 Å². The molecule has 1 N–H and O–H groups in total. The number of nitrogens with zero attached hydrogens (tertiary/aromatic N) is 2. The highest BCUT2D eigenvalue weighted by atomic mass is 16.2. The second-order valence-electron chi connectivity index (χ2n) is 6.57. The molecule has 6 nitrogen and oxygen atoms in total. The number of rotatable bonds is 3. The van der Waals surface area contributed by atoms with Crippen molar-refractivity contribution in [2.75, 3.05) is 0 Å². The zero-order chi connectivity index (χ0) is 18.1. The van der Waals surface area contributed by atoms with Gasteiger partial charge in [0.05, 0.1) is 0 Å². The van der Waals surface area contributed by atoms with Gasteiger partial charge in [-0.3, -0.25) is 19.8 Å². The zero-order valence-electron chi connectivity index (χ0n) is 14.2. The quantitative estimate of drug-likeness (QED) is 0.684. The third-order valence-corrected chi connectivity index (χ3v) is 4.93. The number of nitrogens with one attached hydrogen (secondary N) is 1. The second-order valence-corrected chi connectivity index (χ2v) is 6.57. The van der Waals surface area contributed by atoms with Crippen LogP contribution in [-0.2, 0) is 9.59 Å². The maximum absolute atomic E-state index is 12.9. The van der Waals surface area contributed by atoms with Crippen molar-refractivity contribution in [3.63, 3.8) is 0 Å². The summed E-state index contributed by atoms with van der Waals surface area (Å²) in [6, 6.07) is 12.6. The Balaban J connectivity index is 1.70. The Kier molecular flexibility index (Phi) is 4.16. The maximum Gasteiger partial charge on any atom is 0.331 e. The monoisotopic (exact) mass is 349 g/mol. The molecule has 1 saturated carbocycles. The number of imide groups is 2. The first-order valence-electron chi connectivity index (χ1n) is 8.78. The van der Waals surface area contributed by atoms with Gasteiger partial charge in [-0.15, -0.1) is 0 Å². The summed E-state index contributed by atoms with van der Waals surface area (Å²) in [6.07, 6.45) is 6.99. The van der Waals surface area contributed by atoms with Gasteiger partial charge in [0.25, 0.3) is 11.8 Å². The van der Waals surface area contributed by atoms with Gasteiger partial charge in [-0.25, -0.2) is 4.79 Å². The molecule has 132 valence electrons. The summed E-state index contributed by atoms with van der Waals surface area (Å²) in [7, 11) is 0. The van der Waals surface area contributed by atoms with Crippen molar-refractivity contribution in [3.8, 4) is 5.69 Å². The van der Waals surface area contributed by atoms with E-state index in [2.05, 4.69) is 5.32 Å². The first-order chi connectivity index (χ1) is 12.6. The van der Waals surface area contributed by atoms with Gasteiger partial charge in [-0.05, 0) is 43.2 Å². The molecule has 0 bridgehead atoms. The molecule has 1 aliphatic carbocycles. The van der Waals surface area contributed by atoms with Crippen molar-refractivity contribution < 1.29 is 14.4 Å². The van der Waals surface area contributed by atoms with E-state index in [0.29, 0.717) is 5.69 Å². The molecule has 0 radical (unpaired) electrons. The van der Waals surface area contributed by atoms with Crippen molar-refractivity contribution in [2.45, 2.75) is 31.7 Å². The van der Waals surface area contributed by atoms with Crippen molar-refractivity contribution in [1.29, 1.82) is 0 Å². The van der Waals surface area contributed by atoms with Crippen LogP contribution in [0.4, 0.5) is 4.79 Å². The van der Waals surface area contributed by atoms with Gasteiger partial charge in [0.1, 0.15) is 5.57 Å². The van der Waals surface area contributed by atoms with Crippen molar-refractivity contribution in [1.82, 2.24) is 14.8 Å². The van der Waals surface area contributed by atoms with Gasteiger partial charge in [0.2, 0.25) is 0 Å². The Bertz CT molecular complexity index is 892. The van der Waals surface area contributed by atoms with Crippen LogP contribution < -0.4 is 5.32 Å². The predicted molar refractivity (Wildman–Crippen MR) is 96.4 cm³/mol. The number of carbonyl (C=O) groups is 3. The molecule has 2 heterocycles. The summed E-state index contributed by atoms with van der Waals surface area (Å²) >= 11 is 0. The molecule has 2 fully saturated rings. The van der Waals surface area contributed by atoms with Crippen molar-refractivity contribution in [2.24, 2.45) is 0 Å². The minimum absolute atomic E-state index is 0.00705. The van der Waals surface area contributed by atoms with Gasteiger partial charge in [-0.1, -0.05) is 31.0 Å². The number of benzene rings is 1. The standard InChI is InChI=1S/C20H19N3O3/c24-18-17(19(25)23(20(26)21-18)15-9-4-5-10-15)13-16-11-6-12-22(16)14-7-2-1-3-8-14/h1-3,6-8,11-13,15H,4-5,9-10H2,(H,21,24,26)/b17-13+. The predicted octanol–water partition coefficient (Wildman–Crippen LogP) is 2.88. The number of aromatic nitrogens is 1. The lowest BCUT2D eigenvalue weighted by Crippen LogP contribution is -2.57. The lowest BCUT2D eigenvalue weighted by atomic mass is 10.1. The smallest absolute Gasteiger partial charge is 0.317 e. The molecule has 1 aliphatic heterocycles. The number of hydrogen-bond acceptors (Lipinski definition) is 3. The van der Waals surface area contributed by atoms with E-state index < -0.39 is 17.8 Å². The number of urea groups is 1. The number of carbonyl (C=O) groups excluding carboxylic acids is 3. The summed E-state index contributed by atoms with van der Waals surface area (Å²) < 4.78 is 1.89. The van der Waals surface area contributed by atoms with Crippen LogP contribution in [0.2, 0.25) is 0 Å². The van der Waals surface area contributed by atoms with E-state index in [-0.39, 0.29) is 11.6 Å². The summed E-state index contributed by atoms with van der Waals surface area (Å²) in [5, 5.41) is 2.31. The molecule has 0 spiro atoms. The lowest BCUT2D eigenvalue weighted by molar-refractivity contribution is -0.131. The SMILES string of the molecule is O=C1NC(=O)N(C2CCCC2)C(=O)/C1=C/c1cccn1-c1ccccc1. The Labute approximate surface area is 151 Å². The number of amides is 4. The zero-order valence-corrected chi connectivity index (χ0v) is 14.2. The molecule has 6 heteroatoms. The molecule has 26 heavy (non-hydrogen) atoms. The molecular formula is C20H19N3O3. The van der Waals surface area contributed by atoms with Crippen molar-refractivity contribution >= 4 is 23.9 Å².